The van der Waals surface area contributed by atoms with Crippen LogP contribution in [0.15, 0.2) is 0 Å². The molecule has 0 aromatic rings. The Morgan fingerprint density at radius 1 is 1.64 bits per heavy atom. The molecule has 14 heavy (non-hydrogen) atoms. The SMILES string of the molecule is CC1OCCC1C(=O)NC1(CCl)CC1. The van der Waals surface area contributed by atoms with E-state index in [0.29, 0.717) is 12.5 Å². The number of hydrogen-bond acceptors (Lipinski definition) is 2. The fourth-order valence-electron chi connectivity index (χ4n) is 1.87. The monoisotopic (exact) mass is 217 g/mol. The number of carbonyl (C=O) groups is 1. The van der Waals surface area contributed by atoms with Crippen molar-refractivity contribution in [2.24, 2.45) is 5.92 Å². The van der Waals surface area contributed by atoms with E-state index in [2.05, 4.69) is 5.32 Å². The molecular weight excluding hydrogens is 202 g/mol. The Labute approximate surface area is 89.1 Å². The summed E-state index contributed by atoms with van der Waals surface area (Å²) in [7, 11) is 0. The van der Waals surface area contributed by atoms with E-state index < -0.39 is 0 Å². The van der Waals surface area contributed by atoms with Gasteiger partial charge in [0.1, 0.15) is 0 Å². The topological polar surface area (TPSA) is 38.3 Å². The molecule has 1 heterocycles. The Bertz CT molecular complexity index is 240. The highest BCUT2D eigenvalue weighted by molar-refractivity contribution is 6.19. The molecule has 3 nitrogen and oxygen atoms in total. The average molecular weight is 218 g/mol. The van der Waals surface area contributed by atoms with Gasteiger partial charge in [-0.15, -0.1) is 11.6 Å². The van der Waals surface area contributed by atoms with Crippen LogP contribution in [-0.4, -0.2) is 30.0 Å². The van der Waals surface area contributed by atoms with Crippen LogP contribution in [0.1, 0.15) is 26.2 Å². The molecule has 80 valence electrons. The van der Waals surface area contributed by atoms with Crippen LogP contribution in [0.5, 0.6) is 0 Å². The van der Waals surface area contributed by atoms with Crippen LogP contribution in [0.25, 0.3) is 0 Å². The maximum atomic E-state index is 11.8. The second kappa shape index (κ2) is 3.70. The van der Waals surface area contributed by atoms with Crippen molar-refractivity contribution in [3.63, 3.8) is 0 Å². The number of hydrogen-bond donors (Lipinski definition) is 1. The fourth-order valence-corrected chi connectivity index (χ4v) is 2.21. The molecule has 2 aliphatic rings. The lowest BCUT2D eigenvalue weighted by Crippen LogP contribution is -2.43. The molecule has 2 atom stereocenters. The molecule has 2 unspecified atom stereocenters. The first-order valence-electron chi connectivity index (χ1n) is 5.16. The molecule has 0 aromatic carbocycles. The van der Waals surface area contributed by atoms with Gasteiger partial charge in [-0.2, -0.15) is 0 Å². The predicted molar refractivity (Wildman–Crippen MR) is 54.3 cm³/mol. The second-order valence-corrected chi connectivity index (χ2v) is 4.64. The van der Waals surface area contributed by atoms with Crippen molar-refractivity contribution in [3.05, 3.63) is 0 Å². The van der Waals surface area contributed by atoms with E-state index in [1.165, 1.54) is 0 Å². The highest BCUT2D eigenvalue weighted by Gasteiger charge is 2.45. The van der Waals surface area contributed by atoms with Crippen LogP contribution in [0.3, 0.4) is 0 Å². The number of rotatable bonds is 3. The summed E-state index contributed by atoms with van der Waals surface area (Å²) < 4.78 is 5.36. The molecule has 0 aromatic heterocycles. The molecule has 1 amide bonds. The largest absolute Gasteiger partial charge is 0.378 e. The molecular formula is C10H16ClNO2. The summed E-state index contributed by atoms with van der Waals surface area (Å²) in [6.45, 7) is 2.66. The first kappa shape index (κ1) is 10.2. The van der Waals surface area contributed by atoms with Crippen molar-refractivity contribution in [2.75, 3.05) is 12.5 Å². The molecule has 2 fully saturated rings. The lowest BCUT2D eigenvalue weighted by molar-refractivity contribution is -0.127. The molecule has 0 bridgehead atoms. The summed E-state index contributed by atoms with van der Waals surface area (Å²) in [4.78, 5) is 11.8. The number of ether oxygens (including phenoxy) is 1. The van der Waals surface area contributed by atoms with Crippen LogP contribution in [0.4, 0.5) is 0 Å². The van der Waals surface area contributed by atoms with Crippen molar-refractivity contribution in [3.8, 4) is 0 Å². The summed E-state index contributed by atoms with van der Waals surface area (Å²) >= 11 is 5.80. The van der Waals surface area contributed by atoms with Crippen LogP contribution in [0.2, 0.25) is 0 Å². The first-order valence-corrected chi connectivity index (χ1v) is 5.70. The number of alkyl halides is 1. The third-order valence-corrected chi connectivity index (χ3v) is 3.72. The summed E-state index contributed by atoms with van der Waals surface area (Å²) in [5, 5.41) is 3.04. The summed E-state index contributed by atoms with van der Waals surface area (Å²) in [5.41, 5.74) is -0.0824. The van der Waals surface area contributed by atoms with Crippen molar-refractivity contribution in [1.29, 1.82) is 0 Å². The normalized spacial score (nSPS) is 34.1. The van der Waals surface area contributed by atoms with Gasteiger partial charge in [-0.05, 0) is 26.2 Å². The van der Waals surface area contributed by atoms with E-state index in [-0.39, 0.29) is 23.5 Å². The lowest BCUT2D eigenvalue weighted by Gasteiger charge is -2.19. The van der Waals surface area contributed by atoms with Gasteiger partial charge in [-0.3, -0.25) is 4.79 Å². The number of carbonyl (C=O) groups excluding carboxylic acids is 1. The Kier molecular flexibility index (Phi) is 2.71. The first-order chi connectivity index (χ1) is 6.67. The van der Waals surface area contributed by atoms with E-state index >= 15 is 0 Å². The van der Waals surface area contributed by atoms with Crippen LogP contribution < -0.4 is 5.32 Å². The van der Waals surface area contributed by atoms with E-state index in [1.807, 2.05) is 6.92 Å². The smallest absolute Gasteiger partial charge is 0.226 e. The van der Waals surface area contributed by atoms with Gasteiger partial charge >= 0.3 is 0 Å². The van der Waals surface area contributed by atoms with E-state index in [9.17, 15) is 4.79 Å². The third kappa shape index (κ3) is 1.89. The van der Waals surface area contributed by atoms with Gasteiger partial charge in [-0.25, -0.2) is 0 Å². The highest BCUT2D eigenvalue weighted by Crippen LogP contribution is 2.37. The van der Waals surface area contributed by atoms with E-state index in [1.54, 1.807) is 0 Å². The van der Waals surface area contributed by atoms with Gasteiger partial charge in [-0.1, -0.05) is 0 Å². The second-order valence-electron chi connectivity index (χ2n) is 4.37. The van der Waals surface area contributed by atoms with E-state index in [0.717, 1.165) is 19.3 Å². The quantitative estimate of drug-likeness (QED) is 0.724. The average Bonchev–Trinajstić information content (AvgIpc) is 2.80. The minimum atomic E-state index is -0.0824. The molecule has 0 spiro atoms. The molecule has 1 aliphatic carbocycles. The third-order valence-electron chi connectivity index (χ3n) is 3.21. The predicted octanol–water partition coefficient (Wildman–Crippen LogP) is 1.30. The Morgan fingerprint density at radius 2 is 2.36 bits per heavy atom. The zero-order valence-electron chi connectivity index (χ0n) is 8.38. The molecule has 2 rings (SSSR count). The zero-order chi connectivity index (χ0) is 10.2. The molecule has 0 radical (unpaired) electrons. The number of halogens is 1. The molecule has 4 heteroatoms. The highest BCUT2D eigenvalue weighted by atomic mass is 35.5. The fraction of sp³-hybridized carbons (Fsp3) is 0.900. The Balaban J connectivity index is 1.89. The number of nitrogens with one attached hydrogen (secondary N) is 1. The Morgan fingerprint density at radius 3 is 2.79 bits per heavy atom. The van der Waals surface area contributed by atoms with E-state index in [4.69, 9.17) is 16.3 Å². The van der Waals surface area contributed by atoms with Gasteiger partial charge in [0.05, 0.1) is 17.6 Å². The van der Waals surface area contributed by atoms with Crippen molar-refractivity contribution >= 4 is 17.5 Å². The molecule has 1 aliphatic heterocycles. The van der Waals surface area contributed by atoms with Crippen LogP contribution >= 0.6 is 11.6 Å². The Hall–Kier alpha value is -0.280. The van der Waals surface area contributed by atoms with Crippen molar-refractivity contribution in [1.82, 2.24) is 5.32 Å². The van der Waals surface area contributed by atoms with Crippen LogP contribution in [0, 0.1) is 5.92 Å². The van der Waals surface area contributed by atoms with Gasteiger partial charge in [0.25, 0.3) is 0 Å². The summed E-state index contributed by atoms with van der Waals surface area (Å²) in [6, 6.07) is 0. The van der Waals surface area contributed by atoms with Crippen molar-refractivity contribution in [2.45, 2.75) is 37.8 Å². The van der Waals surface area contributed by atoms with Gasteiger partial charge in [0, 0.05) is 12.5 Å². The molecule has 1 saturated carbocycles. The minimum absolute atomic E-state index is 0.0238. The van der Waals surface area contributed by atoms with Crippen LogP contribution in [-0.2, 0) is 9.53 Å². The minimum Gasteiger partial charge on any atom is -0.378 e. The summed E-state index contributed by atoms with van der Waals surface area (Å²) in [5.74, 6) is 0.671. The lowest BCUT2D eigenvalue weighted by atomic mass is 10.0. The van der Waals surface area contributed by atoms with Crippen molar-refractivity contribution < 1.29 is 9.53 Å². The van der Waals surface area contributed by atoms with Gasteiger partial charge in [0.2, 0.25) is 5.91 Å². The molecule has 1 saturated heterocycles. The van der Waals surface area contributed by atoms with Gasteiger partial charge < -0.3 is 10.1 Å². The summed E-state index contributed by atoms with van der Waals surface area (Å²) in [6.07, 6.45) is 2.93. The van der Waals surface area contributed by atoms with Gasteiger partial charge in [0.15, 0.2) is 0 Å². The standard InChI is InChI=1S/C10H16ClNO2/c1-7-8(2-5-14-7)9(13)12-10(6-11)3-4-10/h7-8H,2-6H2,1H3,(H,12,13). The zero-order valence-corrected chi connectivity index (χ0v) is 9.14. The number of amides is 1. The maximum absolute atomic E-state index is 11.8. The molecule has 1 N–H and O–H groups in total. The maximum Gasteiger partial charge on any atom is 0.226 e.